The summed E-state index contributed by atoms with van der Waals surface area (Å²) in [4.78, 5) is 0. The molecule has 2 nitrogen and oxygen atoms in total. The van der Waals surface area contributed by atoms with Crippen LogP contribution in [0.4, 0.5) is 0 Å². The molecule has 2 aromatic rings. The van der Waals surface area contributed by atoms with Gasteiger partial charge in [0.15, 0.2) is 0 Å². The molecule has 3 N–H and O–H groups in total. The van der Waals surface area contributed by atoms with Crippen LogP contribution in [0.5, 0.6) is 5.75 Å². The van der Waals surface area contributed by atoms with Gasteiger partial charge in [-0.05, 0) is 42.3 Å². The van der Waals surface area contributed by atoms with Crippen LogP contribution in [-0.4, -0.2) is 5.11 Å². The van der Waals surface area contributed by atoms with Crippen molar-refractivity contribution in [3.05, 3.63) is 42.0 Å². The first-order chi connectivity index (χ1) is 6.98. The van der Waals surface area contributed by atoms with E-state index in [1.807, 2.05) is 38.1 Å². The summed E-state index contributed by atoms with van der Waals surface area (Å²) in [5, 5.41) is 11.6. The Kier molecular flexibility index (Phi) is 2.16. The normalized spacial score (nSPS) is 11.9. The third-order valence-corrected chi connectivity index (χ3v) is 2.56. The van der Waals surface area contributed by atoms with E-state index >= 15 is 0 Å². The van der Waals surface area contributed by atoms with Gasteiger partial charge in [-0.15, -0.1) is 0 Å². The smallest absolute Gasteiger partial charge is 0.116 e. The lowest BCUT2D eigenvalue weighted by atomic mass is 9.90. The van der Waals surface area contributed by atoms with Crippen molar-refractivity contribution in [3.8, 4) is 5.75 Å². The first-order valence-electron chi connectivity index (χ1n) is 4.99. The van der Waals surface area contributed by atoms with Gasteiger partial charge < -0.3 is 10.8 Å². The fraction of sp³-hybridized carbons (Fsp3) is 0.231. The van der Waals surface area contributed by atoms with Gasteiger partial charge in [0.2, 0.25) is 0 Å². The minimum absolute atomic E-state index is 0.277. The summed E-state index contributed by atoms with van der Waals surface area (Å²) >= 11 is 0. The lowest BCUT2D eigenvalue weighted by Gasteiger charge is -2.21. The highest BCUT2D eigenvalue weighted by Crippen LogP contribution is 2.29. The second-order valence-electron chi connectivity index (χ2n) is 4.43. The fourth-order valence-electron chi connectivity index (χ4n) is 1.82. The van der Waals surface area contributed by atoms with Crippen LogP contribution in [0.3, 0.4) is 0 Å². The number of phenolic OH excluding ortho intramolecular Hbond substituents is 1. The lowest BCUT2D eigenvalue weighted by molar-refractivity contribution is 0.476. The van der Waals surface area contributed by atoms with Crippen molar-refractivity contribution >= 4 is 10.8 Å². The largest absolute Gasteiger partial charge is 0.508 e. The molecule has 0 spiro atoms. The van der Waals surface area contributed by atoms with Gasteiger partial charge in [0, 0.05) is 5.54 Å². The lowest BCUT2D eigenvalue weighted by Crippen LogP contribution is -2.28. The number of rotatable bonds is 1. The van der Waals surface area contributed by atoms with E-state index in [0.717, 1.165) is 16.3 Å². The van der Waals surface area contributed by atoms with Crippen molar-refractivity contribution < 1.29 is 5.11 Å². The molecule has 15 heavy (non-hydrogen) atoms. The van der Waals surface area contributed by atoms with E-state index in [1.54, 1.807) is 12.1 Å². The van der Waals surface area contributed by atoms with E-state index in [0.29, 0.717) is 0 Å². The third-order valence-electron chi connectivity index (χ3n) is 2.56. The van der Waals surface area contributed by atoms with E-state index in [4.69, 9.17) is 5.73 Å². The summed E-state index contributed by atoms with van der Waals surface area (Å²) in [5.74, 6) is 0.277. The van der Waals surface area contributed by atoms with Crippen molar-refractivity contribution in [1.82, 2.24) is 0 Å². The van der Waals surface area contributed by atoms with Crippen molar-refractivity contribution in [2.24, 2.45) is 5.73 Å². The number of nitrogens with two attached hydrogens (primary N) is 1. The molecular weight excluding hydrogens is 186 g/mol. The topological polar surface area (TPSA) is 46.2 Å². The molecule has 78 valence electrons. The highest BCUT2D eigenvalue weighted by Gasteiger charge is 2.16. The van der Waals surface area contributed by atoms with Gasteiger partial charge in [0.1, 0.15) is 5.75 Å². The summed E-state index contributed by atoms with van der Waals surface area (Å²) in [6, 6.07) is 11.4. The first-order valence-corrected chi connectivity index (χ1v) is 4.99. The molecule has 0 saturated heterocycles. The van der Waals surface area contributed by atoms with E-state index in [1.165, 1.54) is 0 Å². The Morgan fingerprint density at radius 2 is 1.87 bits per heavy atom. The van der Waals surface area contributed by atoms with Crippen LogP contribution in [-0.2, 0) is 5.54 Å². The molecule has 0 saturated carbocycles. The molecule has 2 heteroatoms. The molecule has 0 aliphatic carbocycles. The van der Waals surface area contributed by atoms with E-state index in [9.17, 15) is 5.11 Å². The fourth-order valence-corrected chi connectivity index (χ4v) is 1.82. The zero-order chi connectivity index (χ0) is 11.1. The number of benzene rings is 2. The SMILES string of the molecule is CC(C)(N)c1cccc2ccc(O)cc12. The quantitative estimate of drug-likeness (QED) is 0.745. The summed E-state index contributed by atoms with van der Waals surface area (Å²) in [5.41, 5.74) is 6.75. The number of fused-ring (bicyclic) bond motifs is 1. The molecule has 0 aliphatic rings. The van der Waals surface area contributed by atoms with Crippen LogP contribution in [0, 0.1) is 0 Å². The Hall–Kier alpha value is -1.54. The molecule has 0 aromatic heterocycles. The Bertz CT molecular complexity index is 497. The Morgan fingerprint density at radius 1 is 1.13 bits per heavy atom. The number of hydrogen-bond donors (Lipinski definition) is 2. The van der Waals surface area contributed by atoms with Crippen molar-refractivity contribution in [2.45, 2.75) is 19.4 Å². The monoisotopic (exact) mass is 201 g/mol. The van der Waals surface area contributed by atoms with Crippen LogP contribution < -0.4 is 5.73 Å². The molecule has 2 aromatic carbocycles. The van der Waals surface area contributed by atoms with Gasteiger partial charge in [0.25, 0.3) is 0 Å². The average molecular weight is 201 g/mol. The van der Waals surface area contributed by atoms with E-state index < -0.39 is 5.54 Å². The predicted octanol–water partition coefficient (Wildman–Crippen LogP) is 2.74. The Morgan fingerprint density at radius 3 is 2.53 bits per heavy atom. The third kappa shape index (κ3) is 1.81. The van der Waals surface area contributed by atoms with E-state index in [-0.39, 0.29) is 5.75 Å². The summed E-state index contributed by atoms with van der Waals surface area (Å²) in [6.45, 7) is 3.93. The highest BCUT2D eigenvalue weighted by molar-refractivity contribution is 5.87. The van der Waals surface area contributed by atoms with Crippen LogP contribution >= 0.6 is 0 Å². The molecule has 2 rings (SSSR count). The molecule has 0 amide bonds. The van der Waals surface area contributed by atoms with Crippen LogP contribution in [0.2, 0.25) is 0 Å². The minimum atomic E-state index is -0.396. The standard InChI is InChI=1S/C13H15NO/c1-13(2,14)12-5-3-4-9-6-7-10(15)8-11(9)12/h3-8,15H,14H2,1-2H3. The Balaban J connectivity index is 2.80. The highest BCUT2D eigenvalue weighted by atomic mass is 16.3. The summed E-state index contributed by atoms with van der Waals surface area (Å²) < 4.78 is 0. The maximum Gasteiger partial charge on any atom is 0.116 e. The molecule has 0 heterocycles. The van der Waals surface area contributed by atoms with Gasteiger partial charge in [-0.3, -0.25) is 0 Å². The molecular formula is C13H15NO. The van der Waals surface area contributed by atoms with Gasteiger partial charge in [-0.1, -0.05) is 24.3 Å². The first kappa shape index (κ1) is 9.99. The van der Waals surface area contributed by atoms with E-state index in [2.05, 4.69) is 0 Å². The molecule has 0 aliphatic heterocycles. The van der Waals surface area contributed by atoms with Crippen LogP contribution in [0.1, 0.15) is 19.4 Å². The zero-order valence-corrected chi connectivity index (χ0v) is 8.99. The molecule has 0 bridgehead atoms. The molecule has 0 radical (unpaired) electrons. The average Bonchev–Trinajstić information content (AvgIpc) is 2.15. The minimum Gasteiger partial charge on any atom is -0.508 e. The maximum absolute atomic E-state index is 9.48. The molecule has 0 unspecified atom stereocenters. The van der Waals surface area contributed by atoms with Gasteiger partial charge in [0.05, 0.1) is 0 Å². The van der Waals surface area contributed by atoms with Gasteiger partial charge >= 0.3 is 0 Å². The number of phenols is 1. The maximum atomic E-state index is 9.48. The zero-order valence-electron chi connectivity index (χ0n) is 8.99. The second kappa shape index (κ2) is 3.24. The van der Waals surface area contributed by atoms with Crippen molar-refractivity contribution in [2.75, 3.05) is 0 Å². The second-order valence-corrected chi connectivity index (χ2v) is 4.43. The predicted molar refractivity (Wildman–Crippen MR) is 62.8 cm³/mol. The van der Waals surface area contributed by atoms with Gasteiger partial charge in [-0.25, -0.2) is 0 Å². The number of aromatic hydroxyl groups is 1. The van der Waals surface area contributed by atoms with Crippen molar-refractivity contribution in [3.63, 3.8) is 0 Å². The molecule has 0 fully saturated rings. The summed E-state index contributed by atoms with van der Waals surface area (Å²) in [6.07, 6.45) is 0. The Labute approximate surface area is 89.3 Å². The molecule has 0 atom stereocenters. The van der Waals surface area contributed by atoms with Crippen LogP contribution in [0.25, 0.3) is 10.8 Å². The van der Waals surface area contributed by atoms with Crippen LogP contribution in [0.15, 0.2) is 36.4 Å². The van der Waals surface area contributed by atoms with Crippen molar-refractivity contribution in [1.29, 1.82) is 0 Å². The summed E-state index contributed by atoms with van der Waals surface area (Å²) in [7, 11) is 0. The van der Waals surface area contributed by atoms with Gasteiger partial charge in [-0.2, -0.15) is 0 Å². The number of hydrogen-bond acceptors (Lipinski definition) is 2.